The fourth-order valence-corrected chi connectivity index (χ4v) is 10.6. The van der Waals surface area contributed by atoms with Gasteiger partial charge in [-0.05, 0) is 157 Å². The van der Waals surface area contributed by atoms with Crippen molar-refractivity contribution >= 4 is 43.1 Å². The summed E-state index contributed by atoms with van der Waals surface area (Å²) in [6.45, 7) is 9.59. The average Bonchev–Trinajstić information content (AvgIpc) is 3.63. The Kier molecular flexibility index (Phi) is 6.84. The quantitative estimate of drug-likeness (QED) is 0.158. The van der Waals surface area contributed by atoms with Crippen LogP contribution in [0.4, 0.5) is 0 Å². The smallest absolute Gasteiger partial charge is 0.0159 e. The van der Waals surface area contributed by atoms with Crippen LogP contribution in [0.2, 0.25) is 0 Å². The van der Waals surface area contributed by atoms with Crippen LogP contribution in [-0.4, -0.2) is 0 Å². The van der Waals surface area contributed by atoms with Crippen molar-refractivity contribution in [3.63, 3.8) is 0 Å². The first-order valence-corrected chi connectivity index (χ1v) is 20.7. The van der Waals surface area contributed by atoms with Crippen LogP contribution < -0.4 is 0 Å². The van der Waals surface area contributed by atoms with Gasteiger partial charge in [0.2, 0.25) is 0 Å². The van der Waals surface area contributed by atoms with Crippen molar-refractivity contribution in [1.82, 2.24) is 0 Å². The molecule has 0 bridgehead atoms. The predicted octanol–water partition coefficient (Wildman–Crippen LogP) is 15.9. The Morgan fingerprint density at radius 2 is 0.517 bits per heavy atom. The Balaban J connectivity index is 0.870. The van der Waals surface area contributed by atoms with E-state index in [1.807, 2.05) is 0 Å². The molecule has 0 aliphatic heterocycles. The zero-order chi connectivity index (χ0) is 38.9. The molecule has 2 aliphatic rings. The summed E-state index contributed by atoms with van der Waals surface area (Å²) >= 11 is 0. The first kappa shape index (κ1) is 33.4. The maximum Gasteiger partial charge on any atom is 0.0159 e. The summed E-state index contributed by atoms with van der Waals surface area (Å²) in [4.78, 5) is 0. The molecule has 58 heavy (non-hydrogen) atoms. The van der Waals surface area contributed by atoms with Crippen molar-refractivity contribution in [1.29, 1.82) is 0 Å². The van der Waals surface area contributed by atoms with Crippen LogP contribution in [0.25, 0.3) is 98.7 Å². The minimum Gasteiger partial charge on any atom is -0.0616 e. The highest BCUT2D eigenvalue weighted by Crippen LogP contribution is 2.53. The van der Waals surface area contributed by atoms with E-state index in [9.17, 15) is 0 Å². The van der Waals surface area contributed by atoms with Gasteiger partial charge >= 0.3 is 0 Å². The molecule has 0 nitrogen and oxygen atoms in total. The summed E-state index contributed by atoms with van der Waals surface area (Å²) in [5.74, 6) is 0. The summed E-state index contributed by atoms with van der Waals surface area (Å²) in [7, 11) is 0. The molecule has 0 saturated heterocycles. The Labute approximate surface area is 340 Å². The van der Waals surface area contributed by atoms with Gasteiger partial charge in [0.1, 0.15) is 0 Å². The van der Waals surface area contributed by atoms with E-state index in [4.69, 9.17) is 0 Å². The lowest BCUT2D eigenvalue weighted by atomic mass is 9.79. The number of hydrogen-bond donors (Lipinski definition) is 0. The molecule has 0 unspecified atom stereocenters. The third kappa shape index (κ3) is 4.75. The number of rotatable bonds is 3. The van der Waals surface area contributed by atoms with E-state index >= 15 is 0 Å². The lowest BCUT2D eigenvalue weighted by Crippen LogP contribution is -2.15. The van der Waals surface area contributed by atoms with Gasteiger partial charge in [0.15, 0.2) is 0 Å². The van der Waals surface area contributed by atoms with E-state index < -0.39 is 0 Å². The van der Waals surface area contributed by atoms with E-state index in [0.29, 0.717) is 0 Å². The fourth-order valence-electron chi connectivity index (χ4n) is 10.6. The molecular weight excluding hydrogens is 697 g/mol. The van der Waals surface area contributed by atoms with Crippen LogP contribution in [-0.2, 0) is 10.8 Å². The summed E-state index contributed by atoms with van der Waals surface area (Å²) in [5.41, 5.74) is 18.4. The van der Waals surface area contributed by atoms with Gasteiger partial charge in [0.25, 0.3) is 0 Å². The van der Waals surface area contributed by atoms with E-state index in [1.165, 1.54) is 121 Å². The highest BCUT2D eigenvalue weighted by atomic mass is 14.4. The summed E-state index contributed by atoms with van der Waals surface area (Å²) < 4.78 is 0. The molecule has 0 radical (unpaired) electrons. The van der Waals surface area contributed by atoms with Gasteiger partial charge < -0.3 is 0 Å². The summed E-state index contributed by atoms with van der Waals surface area (Å²) in [6.07, 6.45) is 0. The van der Waals surface area contributed by atoms with Gasteiger partial charge in [-0.3, -0.25) is 0 Å². The molecule has 10 aromatic carbocycles. The normalized spacial score (nSPS) is 14.5. The molecule has 10 aromatic rings. The van der Waals surface area contributed by atoms with Crippen LogP contribution in [0, 0.1) is 0 Å². The number of fused-ring (bicyclic) bond motifs is 12. The molecule has 0 spiro atoms. The van der Waals surface area contributed by atoms with Gasteiger partial charge in [-0.2, -0.15) is 0 Å². The molecular formula is C58H42. The van der Waals surface area contributed by atoms with Crippen molar-refractivity contribution in [3.05, 3.63) is 204 Å². The number of hydrogen-bond acceptors (Lipinski definition) is 0. The summed E-state index contributed by atoms with van der Waals surface area (Å²) in [5, 5.41) is 10.4. The third-order valence-corrected chi connectivity index (χ3v) is 13.8. The second-order valence-corrected chi connectivity index (χ2v) is 17.7. The molecule has 0 heterocycles. The number of benzene rings is 10. The molecule has 0 N–H and O–H groups in total. The highest BCUT2D eigenvalue weighted by molar-refractivity contribution is 6.09. The van der Waals surface area contributed by atoms with Crippen molar-refractivity contribution in [2.45, 2.75) is 38.5 Å². The second kappa shape index (κ2) is 11.9. The third-order valence-electron chi connectivity index (χ3n) is 13.8. The maximum atomic E-state index is 2.47. The topological polar surface area (TPSA) is 0 Å². The SMILES string of the molecule is CC1(C)c2cc(-c3ccc4c(c3)C(C)(C)c3cc(-c5ccc6c(ccc7ccccc76)c5)ccc3-4)ccc2-c2ccc(-c3ccc4c(ccc5ccccc54)c3)cc21. The fraction of sp³-hybridized carbons (Fsp3) is 0.103. The minimum absolute atomic E-state index is 0.123. The lowest BCUT2D eigenvalue weighted by molar-refractivity contribution is 0.660. The maximum absolute atomic E-state index is 2.47. The predicted molar refractivity (Wildman–Crippen MR) is 248 cm³/mol. The zero-order valence-corrected chi connectivity index (χ0v) is 33.3. The van der Waals surface area contributed by atoms with Gasteiger partial charge in [-0.15, -0.1) is 0 Å². The molecule has 0 saturated carbocycles. The zero-order valence-electron chi connectivity index (χ0n) is 33.3. The largest absolute Gasteiger partial charge is 0.0616 e. The van der Waals surface area contributed by atoms with Crippen molar-refractivity contribution < 1.29 is 0 Å². The highest BCUT2D eigenvalue weighted by Gasteiger charge is 2.38. The van der Waals surface area contributed by atoms with E-state index in [2.05, 4.69) is 210 Å². The van der Waals surface area contributed by atoms with Gasteiger partial charge in [0.05, 0.1) is 0 Å². The Hall–Kier alpha value is -6.76. The van der Waals surface area contributed by atoms with Crippen LogP contribution in [0.5, 0.6) is 0 Å². The van der Waals surface area contributed by atoms with Crippen LogP contribution in [0.3, 0.4) is 0 Å². The van der Waals surface area contributed by atoms with E-state index in [1.54, 1.807) is 0 Å². The molecule has 0 heteroatoms. The molecule has 0 amide bonds. The standard InChI is InChI=1S/C58H42/c1-57(2)53-31-39(37-17-23-47-43(29-37)15-13-35-9-5-7-11-45(35)47)19-25-49(53)51-27-21-41(33-55(51)57)42-22-28-52-50-26-20-40(32-54(50)58(3,4)56(52)34-42)38-18-24-48-44(30-38)16-14-36-10-6-8-12-46(36)48/h5-34H,1-4H3. The lowest BCUT2D eigenvalue weighted by Gasteiger charge is -2.24. The van der Waals surface area contributed by atoms with Crippen molar-refractivity contribution in [3.8, 4) is 55.6 Å². The Morgan fingerprint density at radius 3 is 0.879 bits per heavy atom. The Morgan fingerprint density at radius 1 is 0.241 bits per heavy atom. The van der Waals surface area contributed by atoms with Gasteiger partial charge in [0, 0.05) is 10.8 Å². The first-order valence-electron chi connectivity index (χ1n) is 20.7. The van der Waals surface area contributed by atoms with Crippen LogP contribution in [0.15, 0.2) is 182 Å². The molecule has 12 rings (SSSR count). The van der Waals surface area contributed by atoms with Crippen molar-refractivity contribution in [2.24, 2.45) is 0 Å². The monoisotopic (exact) mass is 738 g/mol. The molecule has 0 atom stereocenters. The first-order chi connectivity index (χ1) is 28.2. The van der Waals surface area contributed by atoms with E-state index in [-0.39, 0.29) is 10.8 Å². The second-order valence-electron chi connectivity index (χ2n) is 17.7. The molecule has 2 aliphatic carbocycles. The van der Waals surface area contributed by atoms with Crippen LogP contribution in [0.1, 0.15) is 49.9 Å². The Bertz CT molecular complexity index is 3160. The molecule has 0 fully saturated rings. The van der Waals surface area contributed by atoms with Crippen molar-refractivity contribution in [2.75, 3.05) is 0 Å². The van der Waals surface area contributed by atoms with Gasteiger partial charge in [-0.1, -0.05) is 173 Å². The van der Waals surface area contributed by atoms with E-state index in [0.717, 1.165) is 0 Å². The van der Waals surface area contributed by atoms with Gasteiger partial charge in [-0.25, -0.2) is 0 Å². The molecule has 0 aromatic heterocycles. The minimum atomic E-state index is -0.123. The average molecular weight is 739 g/mol. The summed E-state index contributed by atoms with van der Waals surface area (Å²) in [6, 6.07) is 68.8. The molecule has 274 valence electrons. The van der Waals surface area contributed by atoms with Crippen LogP contribution >= 0.6 is 0 Å².